The van der Waals surface area contributed by atoms with Crippen LogP contribution in [0, 0.1) is 6.92 Å². The van der Waals surface area contributed by atoms with Gasteiger partial charge in [0.1, 0.15) is 5.75 Å². The van der Waals surface area contributed by atoms with Crippen LogP contribution in [0.25, 0.3) is 0 Å². The normalized spacial score (nSPS) is 10.1. The minimum Gasteiger partial charge on any atom is -0.496 e. The van der Waals surface area contributed by atoms with E-state index in [4.69, 9.17) is 4.74 Å². The molecule has 5 heteroatoms. The van der Waals surface area contributed by atoms with Gasteiger partial charge in [-0.25, -0.2) is 0 Å². The number of ketones is 1. The lowest BCUT2D eigenvalue weighted by molar-refractivity contribution is 0.103. The summed E-state index contributed by atoms with van der Waals surface area (Å²) in [6.45, 7) is 1.92. The number of rotatable bonds is 3. The summed E-state index contributed by atoms with van der Waals surface area (Å²) in [6, 6.07) is 5.43. The van der Waals surface area contributed by atoms with Crippen molar-refractivity contribution >= 4 is 5.78 Å². The minimum atomic E-state index is -0.200. The van der Waals surface area contributed by atoms with Crippen LogP contribution >= 0.6 is 0 Å². The summed E-state index contributed by atoms with van der Waals surface area (Å²) in [6.07, 6.45) is 1.39. The quantitative estimate of drug-likeness (QED) is 0.788. The Kier molecular flexibility index (Phi) is 2.68. The zero-order chi connectivity index (χ0) is 11.5. The number of hydrogen-bond acceptors (Lipinski definition) is 4. The van der Waals surface area contributed by atoms with Gasteiger partial charge in [-0.2, -0.15) is 15.4 Å². The Hall–Kier alpha value is -2.17. The van der Waals surface area contributed by atoms with E-state index in [0.29, 0.717) is 11.3 Å². The lowest BCUT2D eigenvalue weighted by Gasteiger charge is -2.06. The lowest BCUT2D eigenvalue weighted by Crippen LogP contribution is -2.05. The molecule has 0 saturated heterocycles. The van der Waals surface area contributed by atoms with Crippen molar-refractivity contribution in [1.29, 1.82) is 0 Å². The molecule has 0 spiro atoms. The van der Waals surface area contributed by atoms with Crippen LogP contribution in [0.1, 0.15) is 21.6 Å². The highest BCUT2D eigenvalue weighted by Gasteiger charge is 2.16. The Labute approximate surface area is 92.4 Å². The average molecular weight is 217 g/mol. The van der Waals surface area contributed by atoms with Crippen molar-refractivity contribution in [3.05, 3.63) is 41.2 Å². The number of nitrogens with zero attached hydrogens (tertiary/aromatic N) is 2. The number of aryl methyl sites for hydroxylation is 1. The van der Waals surface area contributed by atoms with Crippen molar-refractivity contribution in [3.8, 4) is 5.75 Å². The predicted octanol–water partition coefficient (Wildman–Crippen LogP) is 1.35. The topological polar surface area (TPSA) is 67.9 Å². The van der Waals surface area contributed by atoms with Crippen molar-refractivity contribution < 1.29 is 9.53 Å². The molecule has 2 aromatic rings. The number of nitrogens with one attached hydrogen (secondary N) is 1. The Morgan fingerprint density at radius 3 is 2.88 bits per heavy atom. The maximum atomic E-state index is 12.0. The van der Waals surface area contributed by atoms with Gasteiger partial charge < -0.3 is 4.74 Å². The molecule has 0 aliphatic heterocycles. The maximum Gasteiger partial charge on any atom is 0.218 e. The van der Waals surface area contributed by atoms with E-state index in [0.717, 1.165) is 5.56 Å². The minimum absolute atomic E-state index is 0.200. The molecule has 0 saturated carbocycles. The second kappa shape index (κ2) is 4.14. The van der Waals surface area contributed by atoms with Crippen LogP contribution in [0.4, 0.5) is 0 Å². The van der Waals surface area contributed by atoms with E-state index in [2.05, 4.69) is 15.4 Å². The molecule has 0 aliphatic rings. The van der Waals surface area contributed by atoms with Gasteiger partial charge in [0.25, 0.3) is 0 Å². The summed E-state index contributed by atoms with van der Waals surface area (Å²) < 4.78 is 5.14. The zero-order valence-corrected chi connectivity index (χ0v) is 9.02. The Balaban J connectivity index is 2.47. The van der Waals surface area contributed by atoms with Gasteiger partial charge in [0.2, 0.25) is 5.78 Å². The molecule has 5 nitrogen and oxygen atoms in total. The largest absolute Gasteiger partial charge is 0.496 e. The van der Waals surface area contributed by atoms with Crippen LogP contribution < -0.4 is 4.74 Å². The van der Waals surface area contributed by atoms with Crippen molar-refractivity contribution in [3.63, 3.8) is 0 Å². The third kappa shape index (κ3) is 1.79. The van der Waals surface area contributed by atoms with E-state index in [9.17, 15) is 4.79 Å². The first-order chi connectivity index (χ1) is 7.72. The fourth-order valence-corrected chi connectivity index (χ4v) is 1.45. The number of aromatic amines is 1. The molecular weight excluding hydrogens is 206 g/mol. The first kappa shape index (κ1) is 10.4. The third-order valence-electron chi connectivity index (χ3n) is 2.25. The molecule has 0 amide bonds. The highest BCUT2D eigenvalue weighted by Crippen LogP contribution is 2.21. The molecule has 2 rings (SSSR count). The van der Waals surface area contributed by atoms with Crippen LogP contribution in [0.2, 0.25) is 0 Å². The molecule has 82 valence electrons. The molecule has 1 aromatic carbocycles. The van der Waals surface area contributed by atoms with Crippen LogP contribution in [0.5, 0.6) is 5.75 Å². The number of methoxy groups -OCH3 is 1. The van der Waals surface area contributed by atoms with Crippen LogP contribution in [0.15, 0.2) is 24.4 Å². The maximum absolute atomic E-state index is 12.0. The summed E-state index contributed by atoms with van der Waals surface area (Å²) in [7, 11) is 1.53. The van der Waals surface area contributed by atoms with Crippen molar-refractivity contribution in [2.24, 2.45) is 0 Å². The Bertz CT molecular complexity index is 506. The first-order valence-electron chi connectivity index (χ1n) is 4.77. The summed E-state index contributed by atoms with van der Waals surface area (Å²) in [5.74, 6) is 0.341. The molecule has 0 fully saturated rings. The van der Waals surface area contributed by atoms with Gasteiger partial charge in [0.15, 0.2) is 5.69 Å². The molecule has 0 bridgehead atoms. The van der Waals surface area contributed by atoms with Gasteiger partial charge in [0, 0.05) is 0 Å². The van der Waals surface area contributed by atoms with Gasteiger partial charge >= 0.3 is 0 Å². The number of carbonyl (C=O) groups is 1. The van der Waals surface area contributed by atoms with E-state index in [1.54, 1.807) is 12.1 Å². The molecule has 1 N–H and O–H groups in total. The average Bonchev–Trinajstić information content (AvgIpc) is 2.81. The lowest BCUT2D eigenvalue weighted by atomic mass is 10.0. The van der Waals surface area contributed by atoms with Crippen molar-refractivity contribution in [2.45, 2.75) is 6.92 Å². The third-order valence-corrected chi connectivity index (χ3v) is 2.25. The molecule has 1 aromatic heterocycles. The highest BCUT2D eigenvalue weighted by atomic mass is 16.5. The summed E-state index contributed by atoms with van der Waals surface area (Å²) >= 11 is 0. The Morgan fingerprint density at radius 2 is 2.25 bits per heavy atom. The van der Waals surface area contributed by atoms with E-state index >= 15 is 0 Å². The number of aromatic nitrogens is 3. The van der Waals surface area contributed by atoms with E-state index in [1.165, 1.54) is 13.3 Å². The fraction of sp³-hybridized carbons (Fsp3) is 0.182. The van der Waals surface area contributed by atoms with Crippen LogP contribution in [-0.2, 0) is 0 Å². The predicted molar refractivity (Wildman–Crippen MR) is 57.5 cm³/mol. The molecule has 0 unspecified atom stereocenters. The summed E-state index contributed by atoms with van der Waals surface area (Å²) in [4.78, 5) is 12.0. The van der Waals surface area contributed by atoms with E-state index in [1.807, 2.05) is 13.0 Å². The highest BCUT2D eigenvalue weighted by molar-refractivity contribution is 6.09. The molecule has 1 heterocycles. The van der Waals surface area contributed by atoms with Gasteiger partial charge in [0.05, 0.1) is 18.9 Å². The summed E-state index contributed by atoms with van der Waals surface area (Å²) in [5.41, 5.74) is 1.77. The fourth-order valence-electron chi connectivity index (χ4n) is 1.45. The Morgan fingerprint density at radius 1 is 1.44 bits per heavy atom. The second-order valence-corrected chi connectivity index (χ2v) is 3.39. The van der Waals surface area contributed by atoms with Crippen molar-refractivity contribution in [2.75, 3.05) is 7.11 Å². The summed E-state index contributed by atoms with van der Waals surface area (Å²) in [5, 5.41) is 9.78. The van der Waals surface area contributed by atoms with Gasteiger partial charge in [-0.15, -0.1) is 0 Å². The number of ether oxygens (including phenoxy) is 1. The number of hydrogen-bond donors (Lipinski definition) is 1. The molecule has 16 heavy (non-hydrogen) atoms. The molecule has 0 atom stereocenters. The standard InChI is InChI=1S/C11H11N3O2/c1-7-3-4-10(16-2)8(5-7)11(15)9-6-12-14-13-9/h3-6H,1-2H3,(H,12,13,14). The molecule has 0 aliphatic carbocycles. The number of benzene rings is 1. The molecule has 0 radical (unpaired) electrons. The van der Waals surface area contributed by atoms with E-state index < -0.39 is 0 Å². The van der Waals surface area contributed by atoms with Crippen LogP contribution in [-0.4, -0.2) is 28.3 Å². The number of H-pyrrole nitrogens is 1. The SMILES string of the molecule is COc1ccc(C)cc1C(=O)c1cn[nH]n1. The van der Waals surface area contributed by atoms with E-state index in [-0.39, 0.29) is 11.5 Å². The smallest absolute Gasteiger partial charge is 0.218 e. The molecular formula is C11H11N3O2. The first-order valence-corrected chi connectivity index (χ1v) is 4.77. The number of carbonyl (C=O) groups excluding carboxylic acids is 1. The van der Waals surface area contributed by atoms with Gasteiger partial charge in [-0.1, -0.05) is 11.6 Å². The second-order valence-electron chi connectivity index (χ2n) is 3.39. The van der Waals surface area contributed by atoms with Gasteiger partial charge in [-0.05, 0) is 19.1 Å². The zero-order valence-electron chi connectivity index (χ0n) is 9.02. The van der Waals surface area contributed by atoms with Gasteiger partial charge in [-0.3, -0.25) is 4.79 Å². The van der Waals surface area contributed by atoms with Crippen LogP contribution in [0.3, 0.4) is 0 Å². The van der Waals surface area contributed by atoms with Crippen molar-refractivity contribution in [1.82, 2.24) is 15.4 Å². The monoisotopic (exact) mass is 217 g/mol.